The number of amides is 1. The topological polar surface area (TPSA) is 72.7 Å². The van der Waals surface area contributed by atoms with Gasteiger partial charge in [-0.05, 0) is 31.0 Å². The highest BCUT2D eigenvalue weighted by Gasteiger charge is 2.14. The van der Waals surface area contributed by atoms with Gasteiger partial charge in [0.15, 0.2) is 5.16 Å². The lowest BCUT2D eigenvalue weighted by Crippen LogP contribution is -2.15. The van der Waals surface area contributed by atoms with Crippen LogP contribution in [0.2, 0.25) is 0 Å². The summed E-state index contributed by atoms with van der Waals surface area (Å²) in [6, 6.07) is 18.1. The minimum Gasteiger partial charge on any atom is -0.325 e. The van der Waals surface area contributed by atoms with Crippen molar-refractivity contribution < 1.29 is 4.79 Å². The first kappa shape index (κ1) is 22.2. The second-order valence-corrected chi connectivity index (χ2v) is 9.25. The molecule has 0 aliphatic heterocycles. The first-order valence-electron chi connectivity index (χ1n) is 10.5. The zero-order chi connectivity index (χ0) is 22.3. The Morgan fingerprint density at radius 3 is 2.66 bits per heavy atom. The zero-order valence-electron chi connectivity index (χ0n) is 18.1. The van der Waals surface area contributed by atoms with E-state index in [0.717, 1.165) is 45.9 Å². The van der Waals surface area contributed by atoms with Gasteiger partial charge in [-0.2, -0.15) is 0 Å². The maximum Gasteiger partial charge on any atom is 0.231 e. The lowest BCUT2D eigenvalue weighted by atomic mass is 10.1. The van der Waals surface area contributed by atoms with E-state index in [9.17, 15) is 4.79 Å². The second-order valence-electron chi connectivity index (χ2n) is 7.37. The van der Waals surface area contributed by atoms with Gasteiger partial charge in [0.05, 0.1) is 12.1 Å². The van der Waals surface area contributed by atoms with Gasteiger partial charge >= 0.3 is 0 Å². The Balaban J connectivity index is 1.34. The lowest BCUT2D eigenvalue weighted by Gasteiger charge is -2.07. The Morgan fingerprint density at radius 1 is 1.09 bits per heavy atom. The molecule has 0 saturated heterocycles. The predicted octanol–water partition coefficient (Wildman–Crippen LogP) is 5.13. The Morgan fingerprint density at radius 2 is 1.88 bits per heavy atom. The highest BCUT2D eigenvalue weighted by Crippen LogP contribution is 2.24. The number of aromatic nitrogens is 4. The molecule has 0 radical (unpaired) electrons. The summed E-state index contributed by atoms with van der Waals surface area (Å²) >= 11 is 3.14. The number of thioether (sulfide) groups is 1. The van der Waals surface area contributed by atoms with Crippen LogP contribution >= 0.6 is 23.1 Å². The van der Waals surface area contributed by atoms with E-state index in [0.29, 0.717) is 5.75 Å². The third-order valence-electron chi connectivity index (χ3n) is 4.99. The van der Waals surface area contributed by atoms with Gasteiger partial charge in [0.1, 0.15) is 10.8 Å². The standard InChI is InChI=1S/C24H25N5OS2/c1-3-29-21(13-18-10-5-4-6-11-18)27-28-24(29)32-16-19-15-31-23(25-19)14-22(30)26-20-12-8-7-9-17(20)2/h4-12,15H,3,13-14,16H2,1-2H3,(H,26,30). The Hall–Kier alpha value is -2.97. The molecular formula is C24H25N5OS2. The van der Waals surface area contributed by atoms with E-state index in [2.05, 4.69) is 44.1 Å². The molecule has 0 aliphatic rings. The van der Waals surface area contributed by atoms with Crippen LogP contribution in [0.5, 0.6) is 0 Å². The number of carbonyl (C=O) groups is 1. The number of hydrogen-bond donors (Lipinski definition) is 1. The number of para-hydroxylation sites is 1. The van der Waals surface area contributed by atoms with Crippen LogP contribution in [0.3, 0.4) is 0 Å². The maximum absolute atomic E-state index is 12.4. The van der Waals surface area contributed by atoms with Gasteiger partial charge in [-0.25, -0.2) is 4.98 Å². The molecule has 0 fully saturated rings. The SMILES string of the molecule is CCn1c(Cc2ccccc2)nnc1SCc1csc(CC(=O)Nc2ccccc2C)n1. The molecular weight excluding hydrogens is 438 g/mol. The number of nitrogens with zero attached hydrogens (tertiary/aromatic N) is 4. The third kappa shape index (κ3) is 5.63. The van der Waals surface area contributed by atoms with Gasteiger partial charge in [0.2, 0.25) is 5.91 Å². The number of thiazole rings is 1. The monoisotopic (exact) mass is 463 g/mol. The number of nitrogens with one attached hydrogen (secondary N) is 1. The van der Waals surface area contributed by atoms with E-state index in [1.165, 1.54) is 16.9 Å². The molecule has 32 heavy (non-hydrogen) atoms. The van der Waals surface area contributed by atoms with Crippen LogP contribution in [-0.2, 0) is 29.9 Å². The molecule has 164 valence electrons. The Labute approximate surface area is 196 Å². The summed E-state index contributed by atoms with van der Waals surface area (Å²) in [6.07, 6.45) is 1.04. The summed E-state index contributed by atoms with van der Waals surface area (Å²) in [4.78, 5) is 17.0. The summed E-state index contributed by atoms with van der Waals surface area (Å²) < 4.78 is 2.15. The van der Waals surface area contributed by atoms with Gasteiger partial charge in [-0.1, -0.05) is 60.3 Å². The zero-order valence-corrected chi connectivity index (χ0v) is 19.7. The van der Waals surface area contributed by atoms with Crippen LogP contribution in [0.4, 0.5) is 5.69 Å². The fourth-order valence-electron chi connectivity index (χ4n) is 3.33. The van der Waals surface area contributed by atoms with Gasteiger partial charge in [-0.3, -0.25) is 4.79 Å². The first-order chi connectivity index (χ1) is 15.6. The quantitative estimate of drug-likeness (QED) is 0.349. The fraction of sp³-hybridized carbons (Fsp3) is 0.250. The average Bonchev–Trinajstić information content (AvgIpc) is 3.40. The number of aryl methyl sites for hydroxylation is 1. The molecule has 2 aromatic carbocycles. The fourth-order valence-corrected chi connectivity index (χ4v) is 5.14. The number of hydrogen-bond acceptors (Lipinski definition) is 6. The normalized spacial score (nSPS) is 10.9. The van der Waals surface area contributed by atoms with E-state index in [4.69, 9.17) is 0 Å². The highest BCUT2D eigenvalue weighted by atomic mass is 32.2. The lowest BCUT2D eigenvalue weighted by molar-refractivity contribution is -0.115. The van der Waals surface area contributed by atoms with E-state index >= 15 is 0 Å². The van der Waals surface area contributed by atoms with Crippen molar-refractivity contribution in [3.8, 4) is 0 Å². The molecule has 2 aromatic heterocycles. The molecule has 0 spiro atoms. The van der Waals surface area contributed by atoms with Crippen LogP contribution in [0.25, 0.3) is 0 Å². The van der Waals surface area contributed by atoms with Crippen molar-refractivity contribution in [2.75, 3.05) is 5.32 Å². The molecule has 4 aromatic rings. The van der Waals surface area contributed by atoms with Crippen molar-refractivity contribution >= 4 is 34.7 Å². The van der Waals surface area contributed by atoms with Gasteiger partial charge in [0, 0.05) is 29.8 Å². The highest BCUT2D eigenvalue weighted by molar-refractivity contribution is 7.98. The molecule has 4 rings (SSSR count). The van der Waals surface area contributed by atoms with Crippen LogP contribution in [0.1, 0.15) is 34.6 Å². The number of rotatable bonds is 9. The molecule has 0 bridgehead atoms. The van der Waals surface area contributed by atoms with Crippen molar-refractivity contribution in [1.29, 1.82) is 0 Å². The minimum absolute atomic E-state index is 0.0517. The maximum atomic E-state index is 12.4. The predicted molar refractivity (Wildman–Crippen MR) is 130 cm³/mol. The van der Waals surface area contributed by atoms with Crippen LogP contribution in [-0.4, -0.2) is 25.7 Å². The molecule has 0 aliphatic carbocycles. The van der Waals surface area contributed by atoms with Crippen molar-refractivity contribution in [1.82, 2.24) is 19.7 Å². The van der Waals surface area contributed by atoms with E-state index in [1.54, 1.807) is 11.8 Å². The van der Waals surface area contributed by atoms with Gasteiger partial charge < -0.3 is 9.88 Å². The van der Waals surface area contributed by atoms with Crippen LogP contribution in [0, 0.1) is 6.92 Å². The third-order valence-corrected chi connectivity index (χ3v) is 6.89. The Kier molecular flexibility index (Phi) is 7.34. The second kappa shape index (κ2) is 10.6. The smallest absolute Gasteiger partial charge is 0.231 e. The molecule has 2 heterocycles. The van der Waals surface area contributed by atoms with E-state index in [1.807, 2.05) is 54.8 Å². The number of anilines is 1. The summed E-state index contributed by atoms with van der Waals surface area (Å²) in [5.74, 6) is 1.61. The average molecular weight is 464 g/mol. The Bertz CT molecular complexity index is 1190. The van der Waals surface area contributed by atoms with Gasteiger partial charge in [0.25, 0.3) is 0 Å². The van der Waals surface area contributed by atoms with E-state index < -0.39 is 0 Å². The molecule has 0 unspecified atom stereocenters. The van der Waals surface area contributed by atoms with Crippen LogP contribution in [0.15, 0.2) is 65.1 Å². The molecule has 0 saturated carbocycles. The molecule has 1 N–H and O–H groups in total. The van der Waals surface area contributed by atoms with Crippen molar-refractivity contribution in [2.24, 2.45) is 0 Å². The minimum atomic E-state index is -0.0517. The summed E-state index contributed by atoms with van der Waals surface area (Å²) in [5, 5.41) is 15.5. The van der Waals surface area contributed by atoms with E-state index in [-0.39, 0.29) is 12.3 Å². The number of benzene rings is 2. The molecule has 8 heteroatoms. The molecule has 6 nitrogen and oxygen atoms in total. The first-order valence-corrected chi connectivity index (χ1v) is 12.4. The van der Waals surface area contributed by atoms with Crippen LogP contribution < -0.4 is 5.32 Å². The van der Waals surface area contributed by atoms with Gasteiger partial charge in [-0.15, -0.1) is 21.5 Å². The van der Waals surface area contributed by atoms with Crippen molar-refractivity contribution in [3.05, 3.63) is 87.6 Å². The largest absolute Gasteiger partial charge is 0.325 e. The number of carbonyl (C=O) groups excluding carboxylic acids is 1. The summed E-state index contributed by atoms with van der Waals surface area (Å²) in [5.41, 5.74) is 4.06. The van der Waals surface area contributed by atoms with Crippen molar-refractivity contribution in [2.45, 2.75) is 44.1 Å². The molecule has 0 atom stereocenters. The summed E-state index contributed by atoms with van der Waals surface area (Å²) in [6.45, 7) is 4.91. The molecule has 1 amide bonds. The summed E-state index contributed by atoms with van der Waals surface area (Å²) in [7, 11) is 0. The van der Waals surface area contributed by atoms with Crippen molar-refractivity contribution in [3.63, 3.8) is 0 Å².